The maximum Gasteiger partial charge on any atom is 0.162 e. The number of nitrogens with two attached hydrogens (primary N) is 1. The molecular formula is C22H28N4O4. The Kier molecular flexibility index (Phi) is 6.37. The molecule has 0 saturated carbocycles. The average molecular weight is 412 g/mol. The normalized spacial score (nSPS) is 13.3. The van der Waals surface area contributed by atoms with E-state index in [1.807, 2.05) is 36.5 Å². The Labute approximate surface area is 176 Å². The van der Waals surface area contributed by atoms with Gasteiger partial charge in [-0.05, 0) is 30.3 Å². The number of ether oxygens (including phenoxy) is 4. The number of aromatic nitrogens is 2. The number of methoxy groups -OCH3 is 2. The van der Waals surface area contributed by atoms with Crippen molar-refractivity contribution >= 4 is 11.3 Å². The van der Waals surface area contributed by atoms with E-state index < -0.39 is 0 Å². The van der Waals surface area contributed by atoms with Crippen molar-refractivity contribution in [1.29, 1.82) is 0 Å². The van der Waals surface area contributed by atoms with E-state index in [4.69, 9.17) is 29.7 Å². The van der Waals surface area contributed by atoms with Crippen molar-refractivity contribution in [2.75, 3.05) is 59.5 Å². The highest BCUT2D eigenvalue weighted by atomic mass is 16.6. The zero-order valence-corrected chi connectivity index (χ0v) is 17.5. The molecule has 3 aromatic rings. The van der Waals surface area contributed by atoms with Crippen LogP contribution in [-0.2, 0) is 16.0 Å². The Hall–Kier alpha value is -2.81. The quantitative estimate of drug-likeness (QED) is 0.578. The molecule has 0 spiro atoms. The molecule has 1 aromatic carbocycles. The summed E-state index contributed by atoms with van der Waals surface area (Å²) < 4.78 is 24.1. The van der Waals surface area contributed by atoms with Crippen LogP contribution in [-0.4, -0.2) is 68.0 Å². The first-order chi connectivity index (χ1) is 14.7. The molecule has 2 aromatic heterocycles. The molecule has 2 N–H and O–H groups in total. The number of hydrogen-bond donors (Lipinski definition) is 1. The third kappa shape index (κ3) is 4.35. The minimum atomic E-state index is 0.548. The fraction of sp³-hybridized carbons (Fsp3) is 0.409. The highest BCUT2D eigenvalue weighted by Gasteiger charge is 2.20. The van der Waals surface area contributed by atoms with Crippen molar-refractivity contribution in [2.45, 2.75) is 6.54 Å². The van der Waals surface area contributed by atoms with Gasteiger partial charge in [0.25, 0.3) is 0 Å². The lowest BCUT2D eigenvalue weighted by molar-refractivity contribution is 0.109. The number of nitrogens with zero attached hydrogens (tertiary/aromatic N) is 3. The largest absolute Gasteiger partial charge is 0.486 e. The summed E-state index contributed by atoms with van der Waals surface area (Å²) in [5, 5.41) is 0. The van der Waals surface area contributed by atoms with E-state index in [0.29, 0.717) is 38.7 Å². The van der Waals surface area contributed by atoms with Gasteiger partial charge >= 0.3 is 0 Å². The monoisotopic (exact) mass is 412 g/mol. The first-order valence-electron chi connectivity index (χ1n) is 10.1. The molecule has 0 atom stereocenters. The molecule has 0 amide bonds. The van der Waals surface area contributed by atoms with Crippen molar-refractivity contribution in [1.82, 2.24) is 14.3 Å². The number of pyridine rings is 1. The van der Waals surface area contributed by atoms with Gasteiger partial charge in [0.05, 0.1) is 24.6 Å². The lowest BCUT2D eigenvalue weighted by Gasteiger charge is -2.22. The third-order valence-corrected chi connectivity index (χ3v) is 5.15. The van der Waals surface area contributed by atoms with Gasteiger partial charge in [-0.3, -0.25) is 4.90 Å². The minimum Gasteiger partial charge on any atom is -0.486 e. The molecule has 8 heteroatoms. The van der Waals surface area contributed by atoms with E-state index in [1.54, 1.807) is 14.2 Å². The summed E-state index contributed by atoms with van der Waals surface area (Å²) in [6.07, 6.45) is 1.92. The second-order valence-electron chi connectivity index (χ2n) is 7.22. The first kappa shape index (κ1) is 20.5. The molecule has 0 bridgehead atoms. The van der Waals surface area contributed by atoms with Crippen molar-refractivity contribution in [2.24, 2.45) is 0 Å². The Morgan fingerprint density at radius 1 is 1.03 bits per heavy atom. The Bertz CT molecular complexity index is 996. The number of rotatable bonds is 9. The number of anilines is 1. The van der Waals surface area contributed by atoms with Crippen molar-refractivity contribution in [3.63, 3.8) is 0 Å². The highest BCUT2D eigenvalue weighted by Crippen LogP contribution is 2.36. The van der Waals surface area contributed by atoms with E-state index >= 15 is 0 Å². The van der Waals surface area contributed by atoms with Gasteiger partial charge in [-0.2, -0.15) is 0 Å². The highest BCUT2D eigenvalue weighted by molar-refractivity contribution is 5.70. The predicted octanol–water partition coefficient (Wildman–Crippen LogP) is 2.45. The lowest BCUT2D eigenvalue weighted by atomic mass is 10.1. The number of hydrogen-bond acceptors (Lipinski definition) is 7. The molecule has 0 saturated heterocycles. The molecule has 0 aliphatic carbocycles. The maximum atomic E-state index is 6.08. The van der Waals surface area contributed by atoms with Gasteiger partial charge in [-0.1, -0.05) is 0 Å². The average Bonchev–Trinajstić information content (AvgIpc) is 3.12. The van der Waals surface area contributed by atoms with Gasteiger partial charge in [-0.25, -0.2) is 4.98 Å². The topological polar surface area (TPSA) is 83.5 Å². The maximum absolute atomic E-state index is 6.08. The molecule has 0 unspecified atom stereocenters. The second kappa shape index (κ2) is 9.34. The number of imidazole rings is 1. The standard InChI is InChI=1S/C22H28N4O4/c1-27-9-7-25(8-10-28-2)15-18-22(24-21-6-4-17(23)14-26(18)21)16-3-5-19-20(13-16)30-12-11-29-19/h3-6,13-14H,7-12,15,23H2,1-2H3. The zero-order valence-electron chi connectivity index (χ0n) is 17.5. The van der Waals surface area contributed by atoms with Crippen LogP contribution in [0.5, 0.6) is 11.5 Å². The van der Waals surface area contributed by atoms with Crippen LogP contribution in [0.2, 0.25) is 0 Å². The second-order valence-corrected chi connectivity index (χ2v) is 7.22. The Morgan fingerprint density at radius 2 is 1.77 bits per heavy atom. The fourth-order valence-corrected chi connectivity index (χ4v) is 3.61. The van der Waals surface area contributed by atoms with Crippen LogP contribution in [0.25, 0.3) is 16.9 Å². The van der Waals surface area contributed by atoms with Crippen LogP contribution in [0.3, 0.4) is 0 Å². The van der Waals surface area contributed by atoms with Gasteiger partial charge in [0, 0.05) is 51.3 Å². The van der Waals surface area contributed by atoms with Crippen LogP contribution in [0, 0.1) is 0 Å². The molecule has 1 aliphatic rings. The lowest BCUT2D eigenvalue weighted by Crippen LogP contribution is -2.31. The Morgan fingerprint density at radius 3 is 2.50 bits per heavy atom. The van der Waals surface area contributed by atoms with E-state index in [9.17, 15) is 0 Å². The molecular weight excluding hydrogens is 384 g/mol. The molecule has 1 aliphatic heterocycles. The predicted molar refractivity (Wildman–Crippen MR) is 115 cm³/mol. The van der Waals surface area contributed by atoms with Crippen LogP contribution in [0.15, 0.2) is 36.5 Å². The van der Waals surface area contributed by atoms with Crippen molar-refractivity contribution < 1.29 is 18.9 Å². The molecule has 4 rings (SSSR count). The van der Waals surface area contributed by atoms with Crippen LogP contribution in [0.4, 0.5) is 5.69 Å². The first-order valence-corrected chi connectivity index (χ1v) is 10.1. The fourth-order valence-electron chi connectivity index (χ4n) is 3.61. The molecule has 3 heterocycles. The number of benzene rings is 1. The summed E-state index contributed by atoms with van der Waals surface area (Å²) in [6, 6.07) is 9.77. The molecule has 8 nitrogen and oxygen atoms in total. The van der Waals surface area contributed by atoms with Gasteiger partial charge in [0.15, 0.2) is 11.5 Å². The SMILES string of the molecule is COCCN(CCOC)Cc1c(-c2ccc3c(c2)OCCO3)nc2ccc(N)cn12. The van der Waals surface area contributed by atoms with Crippen molar-refractivity contribution in [3.8, 4) is 22.8 Å². The molecule has 160 valence electrons. The van der Waals surface area contributed by atoms with Gasteiger partial charge in [0.1, 0.15) is 18.9 Å². The van der Waals surface area contributed by atoms with E-state index in [1.165, 1.54) is 0 Å². The third-order valence-electron chi connectivity index (χ3n) is 5.15. The van der Waals surface area contributed by atoms with Crippen LogP contribution >= 0.6 is 0 Å². The number of fused-ring (bicyclic) bond motifs is 2. The summed E-state index contributed by atoms with van der Waals surface area (Å²) >= 11 is 0. The summed E-state index contributed by atoms with van der Waals surface area (Å²) in [7, 11) is 3.42. The van der Waals surface area contributed by atoms with E-state index in [-0.39, 0.29) is 0 Å². The van der Waals surface area contributed by atoms with E-state index in [2.05, 4.69) is 9.30 Å². The molecule has 30 heavy (non-hydrogen) atoms. The summed E-state index contributed by atoms with van der Waals surface area (Å²) in [5.74, 6) is 1.51. The minimum absolute atomic E-state index is 0.548. The molecule has 0 radical (unpaired) electrons. The van der Waals surface area contributed by atoms with Crippen LogP contribution in [0.1, 0.15) is 5.69 Å². The van der Waals surface area contributed by atoms with E-state index in [0.717, 1.165) is 47.2 Å². The van der Waals surface area contributed by atoms with Gasteiger partial charge in [0.2, 0.25) is 0 Å². The summed E-state index contributed by atoms with van der Waals surface area (Å²) in [5.41, 5.74) is 10.6. The summed E-state index contributed by atoms with van der Waals surface area (Å²) in [4.78, 5) is 7.20. The number of nitrogen functional groups attached to an aromatic ring is 1. The smallest absolute Gasteiger partial charge is 0.162 e. The van der Waals surface area contributed by atoms with Gasteiger partial charge in [-0.15, -0.1) is 0 Å². The van der Waals surface area contributed by atoms with Crippen LogP contribution < -0.4 is 15.2 Å². The summed E-state index contributed by atoms with van der Waals surface area (Å²) in [6.45, 7) is 4.66. The van der Waals surface area contributed by atoms with Crippen molar-refractivity contribution in [3.05, 3.63) is 42.2 Å². The Balaban J connectivity index is 1.75. The molecule has 0 fully saturated rings. The van der Waals surface area contributed by atoms with Gasteiger partial charge < -0.3 is 29.1 Å². The zero-order chi connectivity index (χ0) is 20.9.